The van der Waals surface area contributed by atoms with Crippen LogP contribution in [0, 0.1) is 20.8 Å². The number of nitrogens with two attached hydrogens (primary N) is 1. The summed E-state index contributed by atoms with van der Waals surface area (Å²) in [4.78, 5) is 1.21. The van der Waals surface area contributed by atoms with Gasteiger partial charge in [0.2, 0.25) is 0 Å². The molecule has 0 saturated carbocycles. The van der Waals surface area contributed by atoms with Crippen molar-refractivity contribution in [3.63, 3.8) is 0 Å². The second-order valence-corrected chi connectivity index (χ2v) is 6.83. The molecule has 0 fully saturated rings. The minimum Gasteiger partial charge on any atom is -0.320 e. The van der Waals surface area contributed by atoms with E-state index in [1.165, 1.54) is 30.9 Å². The molecule has 2 rings (SSSR count). The Balaban J connectivity index is 2.36. The van der Waals surface area contributed by atoms with Crippen LogP contribution in [0.2, 0.25) is 0 Å². The average Bonchev–Trinajstić information content (AvgIpc) is 2.62. The van der Waals surface area contributed by atoms with Crippen molar-refractivity contribution in [2.24, 2.45) is 5.73 Å². The van der Waals surface area contributed by atoms with Crippen LogP contribution in [-0.2, 0) is 0 Å². The number of aryl methyl sites for hydroxylation is 3. The summed E-state index contributed by atoms with van der Waals surface area (Å²) < 4.78 is 1.17. The fourth-order valence-electron chi connectivity index (χ4n) is 1.76. The van der Waals surface area contributed by atoms with E-state index in [2.05, 4.69) is 61.0 Å². The van der Waals surface area contributed by atoms with Crippen molar-refractivity contribution in [1.82, 2.24) is 0 Å². The number of thiophene rings is 1. The van der Waals surface area contributed by atoms with Gasteiger partial charge in [0, 0.05) is 4.88 Å². The van der Waals surface area contributed by atoms with Gasteiger partial charge in [0.1, 0.15) is 0 Å². The fourth-order valence-corrected chi connectivity index (χ4v) is 3.36. The lowest BCUT2D eigenvalue weighted by Gasteiger charge is -2.12. The molecular weight excluding hydrogens is 294 g/mol. The molecule has 1 atom stereocenters. The highest BCUT2D eigenvalue weighted by atomic mass is 79.9. The summed E-state index contributed by atoms with van der Waals surface area (Å²) >= 11 is 5.26. The summed E-state index contributed by atoms with van der Waals surface area (Å²) in [6.07, 6.45) is 0. The summed E-state index contributed by atoms with van der Waals surface area (Å²) in [6, 6.07) is 8.58. The van der Waals surface area contributed by atoms with E-state index < -0.39 is 0 Å². The topological polar surface area (TPSA) is 26.0 Å². The third-order valence-corrected chi connectivity index (χ3v) is 5.29. The van der Waals surface area contributed by atoms with Gasteiger partial charge in [-0.3, -0.25) is 0 Å². The fraction of sp³-hybridized carbons (Fsp3) is 0.286. The first-order valence-electron chi connectivity index (χ1n) is 5.57. The molecule has 0 aliphatic rings. The smallest absolute Gasteiger partial charge is 0.0731 e. The molecule has 1 nitrogen and oxygen atoms in total. The molecule has 3 heteroatoms. The largest absolute Gasteiger partial charge is 0.320 e. The van der Waals surface area contributed by atoms with E-state index >= 15 is 0 Å². The third kappa shape index (κ3) is 2.62. The summed E-state index contributed by atoms with van der Waals surface area (Å²) in [6.45, 7) is 6.34. The van der Waals surface area contributed by atoms with E-state index in [0.29, 0.717) is 0 Å². The number of halogens is 1. The van der Waals surface area contributed by atoms with Crippen LogP contribution < -0.4 is 5.73 Å². The van der Waals surface area contributed by atoms with E-state index in [-0.39, 0.29) is 6.04 Å². The monoisotopic (exact) mass is 309 g/mol. The van der Waals surface area contributed by atoms with Gasteiger partial charge in [-0.15, -0.1) is 11.3 Å². The molecule has 0 saturated heterocycles. The third-order valence-electron chi connectivity index (χ3n) is 3.07. The highest BCUT2D eigenvalue weighted by Crippen LogP contribution is 2.33. The summed E-state index contributed by atoms with van der Waals surface area (Å²) in [5, 5.41) is 0. The van der Waals surface area contributed by atoms with Gasteiger partial charge in [-0.1, -0.05) is 18.2 Å². The van der Waals surface area contributed by atoms with Crippen LogP contribution in [0.5, 0.6) is 0 Å². The molecule has 0 radical (unpaired) electrons. The van der Waals surface area contributed by atoms with Crippen molar-refractivity contribution in [2.75, 3.05) is 0 Å². The first-order valence-corrected chi connectivity index (χ1v) is 7.18. The molecule has 1 heterocycles. The van der Waals surface area contributed by atoms with Gasteiger partial charge in [0.25, 0.3) is 0 Å². The maximum absolute atomic E-state index is 6.31. The molecule has 0 aliphatic heterocycles. The van der Waals surface area contributed by atoms with Crippen LogP contribution >= 0.6 is 27.3 Å². The lowest BCUT2D eigenvalue weighted by molar-refractivity contribution is 0.889. The van der Waals surface area contributed by atoms with Gasteiger partial charge in [-0.25, -0.2) is 0 Å². The van der Waals surface area contributed by atoms with Crippen LogP contribution in [0.25, 0.3) is 0 Å². The normalized spacial score (nSPS) is 12.8. The number of hydrogen-bond acceptors (Lipinski definition) is 2. The highest BCUT2D eigenvalue weighted by Gasteiger charge is 2.13. The van der Waals surface area contributed by atoms with Crippen molar-refractivity contribution >= 4 is 27.3 Å². The lowest BCUT2D eigenvalue weighted by atomic mass is 10.0. The van der Waals surface area contributed by atoms with Crippen LogP contribution in [0.4, 0.5) is 0 Å². The molecule has 1 aromatic carbocycles. The van der Waals surface area contributed by atoms with E-state index in [1.807, 2.05) is 0 Å². The van der Waals surface area contributed by atoms with Gasteiger partial charge in [-0.2, -0.15) is 0 Å². The van der Waals surface area contributed by atoms with E-state index in [4.69, 9.17) is 5.73 Å². The second kappa shape index (κ2) is 4.92. The Morgan fingerprint density at radius 1 is 1.06 bits per heavy atom. The Bertz CT molecular complexity index is 526. The van der Waals surface area contributed by atoms with Crippen LogP contribution in [-0.4, -0.2) is 0 Å². The van der Waals surface area contributed by atoms with Gasteiger partial charge in [0.05, 0.1) is 9.83 Å². The first-order chi connectivity index (χ1) is 7.99. The van der Waals surface area contributed by atoms with E-state index in [9.17, 15) is 0 Å². The molecule has 0 aliphatic carbocycles. The number of benzene rings is 1. The average molecular weight is 310 g/mol. The predicted molar refractivity (Wildman–Crippen MR) is 78.7 cm³/mol. The Labute approximate surface area is 115 Å². The maximum atomic E-state index is 6.31. The molecule has 90 valence electrons. The number of hydrogen-bond donors (Lipinski definition) is 1. The molecule has 0 bridgehead atoms. The van der Waals surface area contributed by atoms with E-state index in [0.717, 1.165) is 0 Å². The van der Waals surface area contributed by atoms with Crippen molar-refractivity contribution < 1.29 is 0 Å². The van der Waals surface area contributed by atoms with Crippen molar-refractivity contribution in [1.29, 1.82) is 0 Å². The predicted octanol–water partition coefficient (Wildman–Crippen LogP) is 4.48. The first kappa shape index (κ1) is 12.8. The minimum absolute atomic E-state index is 0.0238. The van der Waals surface area contributed by atoms with Crippen molar-refractivity contribution in [2.45, 2.75) is 26.8 Å². The van der Waals surface area contributed by atoms with Gasteiger partial charge in [-0.05, 0) is 65.0 Å². The van der Waals surface area contributed by atoms with Crippen molar-refractivity contribution in [3.05, 3.63) is 55.2 Å². The Morgan fingerprint density at radius 3 is 2.29 bits per heavy atom. The summed E-state index contributed by atoms with van der Waals surface area (Å²) in [5.41, 5.74) is 11.3. The molecule has 0 amide bonds. The second-order valence-electron chi connectivity index (χ2n) is 4.43. The zero-order valence-electron chi connectivity index (χ0n) is 10.3. The molecule has 1 unspecified atom stereocenters. The summed E-state index contributed by atoms with van der Waals surface area (Å²) in [5.74, 6) is 0. The zero-order valence-corrected chi connectivity index (χ0v) is 12.7. The quantitative estimate of drug-likeness (QED) is 0.869. The lowest BCUT2D eigenvalue weighted by Crippen LogP contribution is -2.10. The van der Waals surface area contributed by atoms with Crippen LogP contribution in [0.1, 0.15) is 33.2 Å². The summed E-state index contributed by atoms with van der Waals surface area (Å²) in [7, 11) is 0. The van der Waals surface area contributed by atoms with Crippen molar-refractivity contribution in [3.8, 4) is 0 Å². The minimum atomic E-state index is -0.0238. The van der Waals surface area contributed by atoms with E-state index in [1.54, 1.807) is 11.3 Å². The SMILES string of the molecule is Cc1ccc(C(N)c2cc(C)c(Br)s2)cc1C. The zero-order chi connectivity index (χ0) is 12.6. The van der Waals surface area contributed by atoms with Gasteiger partial charge < -0.3 is 5.73 Å². The Kier molecular flexibility index (Phi) is 3.71. The standard InChI is InChI=1S/C14H16BrNS/c1-8-4-5-11(6-9(8)2)13(16)12-7-10(3)14(15)17-12/h4-7,13H,16H2,1-3H3. The van der Waals surface area contributed by atoms with Crippen LogP contribution in [0.3, 0.4) is 0 Å². The molecular formula is C14H16BrNS. The maximum Gasteiger partial charge on any atom is 0.0731 e. The molecule has 2 aromatic rings. The molecule has 17 heavy (non-hydrogen) atoms. The molecule has 0 spiro atoms. The van der Waals surface area contributed by atoms with Crippen LogP contribution in [0.15, 0.2) is 28.1 Å². The molecule has 2 N–H and O–H groups in total. The highest BCUT2D eigenvalue weighted by molar-refractivity contribution is 9.11. The Hall–Kier alpha value is -0.640. The van der Waals surface area contributed by atoms with Gasteiger partial charge >= 0.3 is 0 Å². The number of rotatable bonds is 2. The van der Waals surface area contributed by atoms with Gasteiger partial charge in [0.15, 0.2) is 0 Å². The molecule has 1 aromatic heterocycles. The Morgan fingerprint density at radius 2 is 1.76 bits per heavy atom.